The number of rotatable bonds is 7. The van der Waals surface area contributed by atoms with Gasteiger partial charge in [-0.05, 0) is 23.3 Å². The monoisotopic (exact) mass is 501 g/mol. The molecule has 0 amide bonds. The lowest BCUT2D eigenvalue weighted by Crippen LogP contribution is -2.47. The SMILES string of the molecule is COc1ccccc1N1CCN(CCn2cnc3sc4c(c3c2=O)CN(Cc2ccccc2)C4)CC1. The zero-order valence-electron chi connectivity index (χ0n) is 20.6. The first kappa shape index (κ1) is 23.2. The number of nitrogens with zero attached hydrogens (tertiary/aromatic N) is 5. The van der Waals surface area contributed by atoms with Crippen molar-refractivity contribution in [3.8, 4) is 5.75 Å². The third kappa shape index (κ3) is 4.52. The van der Waals surface area contributed by atoms with Crippen molar-refractivity contribution >= 4 is 27.2 Å². The smallest absolute Gasteiger partial charge is 0.262 e. The van der Waals surface area contributed by atoms with Crippen LogP contribution in [0.4, 0.5) is 5.69 Å². The highest BCUT2D eigenvalue weighted by atomic mass is 32.1. The number of aromatic nitrogens is 2. The summed E-state index contributed by atoms with van der Waals surface area (Å²) in [4.78, 5) is 27.5. The molecule has 0 spiro atoms. The van der Waals surface area contributed by atoms with Crippen LogP contribution in [0, 0.1) is 0 Å². The largest absolute Gasteiger partial charge is 0.495 e. The van der Waals surface area contributed by atoms with Crippen molar-refractivity contribution in [1.29, 1.82) is 0 Å². The van der Waals surface area contributed by atoms with Gasteiger partial charge in [0.05, 0.1) is 24.5 Å². The molecule has 4 heterocycles. The Morgan fingerprint density at radius 1 is 0.917 bits per heavy atom. The Kier molecular flexibility index (Phi) is 6.48. The van der Waals surface area contributed by atoms with Crippen molar-refractivity contribution in [3.63, 3.8) is 0 Å². The normalized spacial score (nSPS) is 16.5. The molecule has 36 heavy (non-hydrogen) atoms. The van der Waals surface area contributed by atoms with Gasteiger partial charge in [-0.25, -0.2) is 4.98 Å². The molecule has 0 saturated carbocycles. The van der Waals surface area contributed by atoms with Gasteiger partial charge < -0.3 is 9.64 Å². The molecule has 2 aliphatic rings. The van der Waals surface area contributed by atoms with Crippen molar-refractivity contribution < 1.29 is 4.74 Å². The van der Waals surface area contributed by atoms with Crippen LogP contribution in [0.25, 0.3) is 10.2 Å². The minimum absolute atomic E-state index is 0.103. The van der Waals surface area contributed by atoms with Gasteiger partial charge in [0.2, 0.25) is 0 Å². The lowest BCUT2D eigenvalue weighted by molar-refractivity contribution is 0.246. The third-order valence-electron chi connectivity index (χ3n) is 7.31. The predicted octanol–water partition coefficient (Wildman–Crippen LogP) is 3.80. The fourth-order valence-corrected chi connectivity index (χ4v) is 6.55. The second-order valence-electron chi connectivity index (χ2n) is 9.56. The quantitative estimate of drug-likeness (QED) is 0.384. The first-order valence-corrected chi connectivity index (χ1v) is 13.4. The standard InChI is InChI=1S/C28H31N5O2S/c1-35-24-10-6-5-9-23(24)32-14-11-30(12-15-32)13-16-33-20-29-27-26(28(33)34)22-18-31(19-25(22)36-27)17-21-7-3-2-4-8-21/h2-10,20H,11-19H2,1H3. The molecule has 2 aliphatic heterocycles. The van der Waals surface area contributed by atoms with E-state index < -0.39 is 0 Å². The van der Waals surface area contributed by atoms with Crippen LogP contribution in [0.3, 0.4) is 0 Å². The second kappa shape index (κ2) is 10.0. The highest BCUT2D eigenvalue weighted by molar-refractivity contribution is 7.18. The van der Waals surface area contributed by atoms with Crippen LogP contribution in [-0.4, -0.2) is 59.2 Å². The molecule has 1 saturated heterocycles. The van der Waals surface area contributed by atoms with Crippen molar-refractivity contribution in [3.05, 3.63) is 87.3 Å². The number of benzene rings is 2. The highest BCUT2D eigenvalue weighted by Crippen LogP contribution is 2.35. The summed E-state index contributed by atoms with van der Waals surface area (Å²) in [6, 6.07) is 18.7. The van der Waals surface area contributed by atoms with E-state index in [1.807, 2.05) is 22.8 Å². The molecule has 4 aromatic rings. The van der Waals surface area contributed by atoms with Crippen molar-refractivity contribution in [2.75, 3.05) is 44.7 Å². The van der Waals surface area contributed by atoms with E-state index in [1.165, 1.54) is 16.0 Å². The summed E-state index contributed by atoms with van der Waals surface area (Å²) in [6.45, 7) is 7.93. The summed E-state index contributed by atoms with van der Waals surface area (Å²) >= 11 is 1.68. The topological polar surface area (TPSA) is 53.8 Å². The van der Waals surface area contributed by atoms with E-state index in [2.05, 4.69) is 56.1 Å². The van der Waals surface area contributed by atoms with Crippen LogP contribution >= 0.6 is 11.3 Å². The van der Waals surface area contributed by atoms with E-state index in [0.29, 0.717) is 6.54 Å². The maximum absolute atomic E-state index is 13.5. The van der Waals surface area contributed by atoms with E-state index in [-0.39, 0.29) is 5.56 Å². The molecule has 2 aromatic carbocycles. The maximum atomic E-state index is 13.5. The molecule has 0 radical (unpaired) electrons. The van der Waals surface area contributed by atoms with Gasteiger partial charge in [0.25, 0.3) is 5.56 Å². The maximum Gasteiger partial charge on any atom is 0.262 e. The first-order valence-electron chi connectivity index (χ1n) is 12.6. The zero-order valence-corrected chi connectivity index (χ0v) is 21.4. The van der Waals surface area contributed by atoms with Gasteiger partial charge in [0.1, 0.15) is 10.6 Å². The average molecular weight is 502 g/mol. The summed E-state index contributed by atoms with van der Waals surface area (Å²) < 4.78 is 7.35. The fourth-order valence-electron chi connectivity index (χ4n) is 5.37. The highest BCUT2D eigenvalue weighted by Gasteiger charge is 2.27. The number of thiophene rings is 1. The number of fused-ring (bicyclic) bond motifs is 3. The molecule has 0 aliphatic carbocycles. The Morgan fingerprint density at radius 2 is 1.69 bits per heavy atom. The van der Waals surface area contributed by atoms with Crippen LogP contribution in [0.5, 0.6) is 5.75 Å². The number of hydrogen-bond donors (Lipinski definition) is 0. The van der Waals surface area contributed by atoms with Crippen LogP contribution in [0.2, 0.25) is 0 Å². The molecule has 8 heteroatoms. The summed E-state index contributed by atoms with van der Waals surface area (Å²) in [6.07, 6.45) is 1.74. The van der Waals surface area contributed by atoms with Crippen molar-refractivity contribution in [2.45, 2.75) is 26.2 Å². The summed E-state index contributed by atoms with van der Waals surface area (Å²) in [5, 5.41) is 0.828. The molecular formula is C28H31N5O2S. The average Bonchev–Trinajstić information content (AvgIpc) is 3.46. The molecule has 2 aromatic heterocycles. The van der Waals surface area contributed by atoms with E-state index in [9.17, 15) is 4.79 Å². The summed E-state index contributed by atoms with van der Waals surface area (Å²) in [5.74, 6) is 0.919. The van der Waals surface area contributed by atoms with Crippen LogP contribution in [0.15, 0.2) is 65.7 Å². The number of ether oxygens (including phenoxy) is 1. The van der Waals surface area contributed by atoms with Crippen LogP contribution < -0.4 is 15.2 Å². The Hall–Kier alpha value is -3.20. The number of methoxy groups -OCH3 is 1. The van der Waals surface area contributed by atoms with Gasteiger partial charge in [-0.2, -0.15) is 0 Å². The number of piperazine rings is 1. The zero-order chi connectivity index (χ0) is 24.5. The minimum Gasteiger partial charge on any atom is -0.495 e. The van der Waals surface area contributed by atoms with E-state index in [4.69, 9.17) is 4.74 Å². The first-order chi connectivity index (χ1) is 17.7. The number of para-hydroxylation sites is 2. The van der Waals surface area contributed by atoms with Crippen LogP contribution in [0.1, 0.15) is 16.0 Å². The third-order valence-corrected chi connectivity index (χ3v) is 8.44. The molecular weight excluding hydrogens is 470 g/mol. The lowest BCUT2D eigenvalue weighted by Gasteiger charge is -2.36. The van der Waals surface area contributed by atoms with Gasteiger partial charge in [-0.15, -0.1) is 11.3 Å². The molecule has 0 unspecified atom stereocenters. The molecule has 0 N–H and O–H groups in total. The van der Waals surface area contributed by atoms with Gasteiger partial charge in [-0.1, -0.05) is 42.5 Å². The number of hydrogen-bond acceptors (Lipinski definition) is 7. The van der Waals surface area contributed by atoms with Gasteiger partial charge in [0, 0.05) is 63.8 Å². The minimum atomic E-state index is 0.103. The Bertz CT molecular complexity index is 1410. The Labute approximate surface area is 215 Å². The summed E-state index contributed by atoms with van der Waals surface area (Å²) in [5.41, 5.74) is 3.74. The van der Waals surface area contributed by atoms with Gasteiger partial charge >= 0.3 is 0 Å². The predicted molar refractivity (Wildman–Crippen MR) is 145 cm³/mol. The van der Waals surface area contributed by atoms with Gasteiger partial charge in [-0.3, -0.25) is 19.2 Å². The molecule has 7 nitrogen and oxygen atoms in total. The lowest BCUT2D eigenvalue weighted by atomic mass is 10.2. The van der Waals surface area contributed by atoms with Crippen LogP contribution in [-0.2, 0) is 26.2 Å². The Balaban J connectivity index is 1.10. The van der Waals surface area contributed by atoms with Gasteiger partial charge in [0.15, 0.2) is 0 Å². The van der Waals surface area contributed by atoms with Crippen molar-refractivity contribution in [2.24, 2.45) is 0 Å². The van der Waals surface area contributed by atoms with E-state index >= 15 is 0 Å². The van der Waals surface area contributed by atoms with E-state index in [0.717, 1.165) is 74.0 Å². The fraction of sp³-hybridized carbons (Fsp3) is 0.357. The molecule has 0 atom stereocenters. The number of anilines is 1. The second-order valence-corrected chi connectivity index (χ2v) is 10.6. The molecule has 0 bridgehead atoms. The van der Waals surface area contributed by atoms with Crippen molar-refractivity contribution in [1.82, 2.24) is 19.4 Å². The van der Waals surface area contributed by atoms with E-state index in [1.54, 1.807) is 24.8 Å². The Morgan fingerprint density at radius 3 is 2.50 bits per heavy atom. The molecule has 186 valence electrons. The molecule has 1 fully saturated rings. The molecule has 6 rings (SSSR count). The summed E-state index contributed by atoms with van der Waals surface area (Å²) in [7, 11) is 1.72.